The maximum Gasteiger partial charge on any atom is 0.304 e. The Morgan fingerprint density at radius 2 is 2.07 bits per heavy atom. The molecular formula is C9H18O4S2. The fraction of sp³-hybridized carbons (Fsp3) is 0.889. The fourth-order valence-corrected chi connectivity index (χ4v) is 3.04. The lowest BCUT2D eigenvalue weighted by Gasteiger charge is -2.07. The van der Waals surface area contributed by atoms with Gasteiger partial charge < -0.3 is 5.11 Å². The lowest BCUT2D eigenvalue weighted by Crippen LogP contribution is -2.11. The molecule has 0 fully saturated rings. The predicted molar refractivity (Wildman–Crippen MR) is 63.1 cm³/mol. The van der Waals surface area contributed by atoms with E-state index in [0.717, 1.165) is 0 Å². The largest absolute Gasteiger partial charge is 0.481 e. The van der Waals surface area contributed by atoms with Gasteiger partial charge in [-0.1, -0.05) is 13.8 Å². The minimum absolute atomic E-state index is 0.0480. The highest BCUT2D eigenvalue weighted by Gasteiger charge is 2.10. The van der Waals surface area contributed by atoms with E-state index in [2.05, 4.69) is 0 Å². The molecule has 0 aliphatic heterocycles. The van der Waals surface area contributed by atoms with Crippen LogP contribution in [0.2, 0.25) is 0 Å². The molecule has 0 radical (unpaired) electrons. The Bertz CT molecular complexity index is 284. The van der Waals surface area contributed by atoms with Crippen molar-refractivity contribution >= 4 is 27.6 Å². The van der Waals surface area contributed by atoms with E-state index in [4.69, 9.17) is 5.11 Å². The molecule has 0 aromatic heterocycles. The third-order valence-electron chi connectivity index (χ3n) is 1.90. The molecule has 0 aromatic rings. The van der Waals surface area contributed by atoms with Crippen molar-refractivity contribution in [2.24, 2.45) is 0 Å². The summed E-state index contributed by atoms with van der Waals surface area (Å²) in [5.74, 6) is 0.281. The number of sulfone groups is 1. The van der Waals surface area contributed by atoms with Crippen LogP contribution >= 0.6 is 11.8 Å². The van der Waals surface area contributed by atoms with Crippen LogP contribution in [-0.4, -0.2) is 42.0 Å². The lowest BCUT2D eigenvalue weighted by atomic mass is 10.3. The molecule has 1 N–H and O–H groups in total. The van der Waals surface area contributed by atoms with Crippen LogP contribution < -0.4 is 0 Å². The monoisotopic (exact) mass is 254 g/mol. The number of thioether (sulfide) groups is 1. The van der Waals surface area contributed by atoms with Gasteiger partial charge in [-0.3, -0.25) is 4.79 Å². The second-order valence-corrected chi connectivity index (χ2v) is 7.39. The first-order valence-electron chi connectivity index (χ1n) is 4.91. The van der Waals surface area contributed by atoms with Crippen molar-refractivity contribution in [3.8, 4) is 0 Å². The summed E-state index contributed by atoms with van der Waals surface area (Å²) in [6.07, 6.45) is 0.732. The second-order valence-electron chi connectivity index (χ2n) is 3.37. The third kappa shape index (κ3) is 8.74. The standard InChI is InChI=1S/C9H18O4S2/c1-3-15(12,13)6-4-5-14-8(2)7-9(10)11/h8H,3-7H2,1-2H3,(H,10,11). The normalized spacial score (nSPS) is 13.7. The predicted octanol–water partition coefficient (Wildman–Crippen LogP) is 1.41. The number of hydrogen-bond acceptors (Lipinski definition) is 4. The summed E-state index contributed by atoms with van der Waals surface area (Å²) in [6.45, 7) is 3.47. The van der Waals surface area contributed by atoms with E-state index in [1.165, 1.54) is 11.8 Å². The number of carboxylic acids is 1. The minimum Gasteiger partial charge on any atom is -0.481 e. The maximum absolute atomic E-state index is 11.1. The molecule has 15 heavy (non-hydrogen) atoms. The van der Waals surface area contributed by atoms with E-state index in [0.29, 0.717) is 12.2 Å². The summed E-state index contributed by atoms with van der Waals surface area (Å²) in [5.41, 5.74) is 0. The maximum atomic E-state index is 11.1. The molecule has 0 bridgehead atoms. The Kier molecular flexibility index (Phi) is 7.00. The first-order chi connectivity index (χ1) is 6.87. The summed E-state index contributed by atoms with van der Waals surface area (Å²) in [6, 6.07) is 0. The number of hydrogen-bond donors (Lipinski definition) is 1. The second kappa shape index (κ2) is 7.11. The number of aliphatic carboxylic acids is 1. The molecule has 90 valence electrons. The Labute approximate surface area is 95.4 Å². The van der Waals surface area contributed by atoms with Gasteiger partial charge in [0.25, 0.3) is 0 Å². The van der Waals surface area contributed by atoms with Gasteiger partial charge in [-0.05, 0) is 12.2 Å². The molecule has 1 unspecified atom stereocenters. The van der Waals surface area contributed by atoms with Crippen LogP contribution in [0.4, 0.5) is 0 Å². The van der Waals surface area contributed by atoms with Crippen molar-refractivity contribution in [3.63, 3.8) is 0 Å². The average Bonchev–Trinajstić information content (AvgIpc) is 2.11. The van der Waals surface area contributed by atoms with Crippen LogP contribution in [0.15, 0.2) is 0 Å². The highest BCUT2D eigenvalue weighted by atomic mass is 32.2. The average molecular weight is 254 g/mol. The van der Waals surface area contributed by atoms with E-state index in [1.54, 1.807) is 6.92 Å². The molecule has 0 saturated heterocycles. The van der Waals surface area contributed by atoms with Crippen molar-refractivity contribution in [2.45, 2.75) is 31.9 Å². The summed E-state index contributed by atoms with van der Waals surface area (Å²) in [7, 11) is -2.87. The molecule has 0 heterocycles. The molecule has 0 aliphatic carbocycles. The Balaban J connectivity index is 3.59. The molecule has 0 aromatic carbocycles. The van der Waals surface area contributed by atoms with E-state index >= 15 is 0 Å². The van der Waals surface area contributed by atoms with Crippen molar-refractivity contribution in [1.29, 1.82) is 0 Å². The molecule has 6 heteroatoms. The SMILES string of the molecule is CCS(=O)(=O)CCCSC(C)CC(=O)O. The van der Waals surface area contributed by atoms with Gasteiger partial charge in [-0.2, -0.15) is 11.8 Å². The summed E-state index contributed by atoms with van der Waals surface area (Å²) < 4.78 is 22.2. The zero-order chi connectivity index (χ0) is 11.9. The topological polar surface area (TPSA) is 71.4 Å². The van der Waals surface area contributed by atoms with Gasteiger partial charge in [-0.25, -0.2) is 8.42 Å². The van der Waals surface area contributed by atoms with Gasteiger partial charge in [0.2, 0.25) is 0 Å². The zero-order valence-electron chi connectivity index (χ0n) is 9.10. The van der Waals surface area contributed by atoms with Crippen molar-refractivity contribution in [1.82, 2.24) is 0 Å². The third-order valence-corrected chi connectivity index (χ3v) is 4.95. The number of rotatable bonds is 8. The lowest BCUT2D eigenvalue weighted by molar-refractivity contribution is -0.136. The molecule has 0 amide bonds. The van der Waals surface area contributed by atoms with E-state index < -0.39 is 15.8 Å². The van der Waals surface area contributed by atoms with Gasteiger partial charge in [-0.15, -0.1) is 0 Å². The van der Waals surface area contributed by atoms with Crippen molar-refractivity contribution in [3.05, 3.63) is 0 Å². The highest BCUT2D eigenvalue weighted by Crippen LogP contribution is 2.15. The molecule has 0 rings (SSSR count). The zero-order valence-corrected chi connectivity index (χ0v) is 10.7. The van der Waals surface area contributed by atoms with E-state index in [1.807, 2.05) is 6.92 Å². The minimum atomic E-state index is -2.87. The summed E-state index contributed by atoms with van der Waals surface area (Å²) in [5, 5.41) is 8.55. The number of carboxylic acid groups (broad SMARTS) is 1. The van der Waals surface area contributed by atoms with Crippen molar-refractivity contribution in [2.75, 3.05) is 17.3 Å². The van der Waals surface area contributed by atoms with Crippen molar-refractivity contribution < 1.29 is 18.3 Å². The Hall–Kier alpha value is -0.230. The first-order valence-corrected chi connectivity index (χ1v) is 7.78. The van der Waals surface area contributed by atoms with Gasteiger partial charge >= 0.3 is 5.97 Å². The van der Waals surface area contributed by atoms with Crippen LogP contribution in [0.1, 0.15) is 26.7 Å². The molecule has 4 nitrogen and oxygen atoms in total. The van der Waals surface area contributed by atoms with E-state index in [9.17, 15) is 13.2 Å². The van der Waals surface area contributed by atoms with Gasteiger partial charge in [0.05, 0.1) is 12.2 Å². The summed E-state index contributed by atoms with van der Waals surface area (Å²) in [4.78, 5) is 10.3. The molecule has 0 aliphatic rings. The Morgan fingerprint density at radius 3 is 2.53 bits per heavy atom. The Morgan fingerprint density at radius 1 is 1.47 bits per heavy atom. The van der Waals surface area contributed by atoms with Crippen LogP contribution in [0, 0.1) is 0 Å². The molecule has 0 saturated carbocycles. The molecule has 1 atom stereocenters. The van der Waals surface area contributed by atoms with Gasteiger partial charge in [0.15, 0.2) is 0 Å². The van der Waals surface area contributed by atoms with Crippen LogP contribution in [0.5, 0.6) is 0 Å². The highest BCUT2D eigenvalue weighted by molar-refractivity contribution is 7.99. The van der Waals surface area contributed by atoms with Crippen LogP contribution in [0.3, 0.4) is 0 Å². The molecular weight excluding hydrogens is 236 g/mol. The van der Waals surface area contributed by atoms with Gasteiger partial charge in [0.1, 0.15) is 9.84 Å². The van der Waals surface area contributed by atoms with E-state index in [-0.39, 0.29) is 23.2 Å². The first kappa shape index (κ1) is 14.8. The quantitative estimate of drug-likeness (QED) is 0.663. The van der Waals surface area contributed by atoms with Gasteiger partial charge in [0, 0.05) is 11.0 Å². The molecule has 0 spiro atoms. The number of carbonyl (C=O) groups is 1. The smallest absolute Gasteiger partial charge is 0.304 e. The summed E-state index contributed by atoms with van der Waals surface area (Å²) >= 11 is 1.51. The van der Waals surface area contributed by atoms with Crippen LogP contribution in [-0.2, 0) is 14.6 Å². The fourth-order valence-electron chi connectivity index (χ4n) is 1.01. The van der Waals surface area contributed by atoms with Crippen LogP contribution in [0.25, 0.3) is 0 Å².